The lowest BCUT2D eigenvalue weighted by Gasteiger charge is -2.27. The summed E-state index contributed by atoms with van der Waals surface area (Å²) in [5.41, 5.74) is 5.85. The van der Waals surface area contributed by atoms with Crippen molar-refractivity contribution in [1.29, 1.82) is 0 Å². The molecule has 3 atom stereocenters. The number of nitrogens with zero attached hydrogens (tertiary/aromatic N) is 7. The summed E-state index contributed by atoms with van der Waals surface area (Å²) < 4.78 is 12.8. The lowest BCUT2D eigenvalue weighted by Crippen LogP contribution is -2.41. The van der Waals surface area contributed by atoms with Crippen molar-refractivity contribution in [3.8, 4) is 11.1 Å². The Hall–Kier alpha value is -3.83. The summed E-state index contributed by atoms with van der Waals surface area (Å²) in [6, 6.07) is 10.2. The van der Waals surface area contributed by atoms with Gasteiger partial charge in [0.25, 0.3) is 0 Å². The van der Waals surface area contributed by atoms with Crippen LogP contribution in [0.1, 0.15) is 17.7 Å². The van der Waals surface area contributed by atoms with E-state index in [4.69, 9.17) is 19.3 Å². The number of morpholine rings is 1. The van der Waals surface area contributed by atoms with Gasteiger partial charge >= 0.3 is 6.09 Å². The van der Waals surface area contributed by atoms with Crippen molar-refractivity contribution in [2.75, 3.05) is 37.7 Å². The lowest BCUT2D eigenvalue weighted by molar-refractivity contribution is -0.0000401. The van der Waals surface area contributed by atoms with Gasteiger partial charge in [0.15, 0.2) is 0 Å². The molecule has 0 aliphatic carbocycles. The number of amides is 1. The zero-order valence-electron chi connectivity index (χ0n) is 20.3. The van der Waals surface area contributed by atoms with Crippen LogP contribution in [0.5, 0.6) is 0 Å². The minimum Gasteiger partial charge on any atom is -0.442 e. The smallest absolute Gasteiger partial charge is 0.415 e. The van der Waals surface area contributed by atoms with Crippen molar-refractivity contribution >= 4 is 17.5 Å². The molecule has 2 saturated heterocycles. The minimum absolute atomic E-state index is 0.0479. The molecule has 0 bridgehead atoms. The van der Waals surface area contributed by atoms with Gasteiger partial charge in [-0.05, 0) is 35.7 Å². The van der Waals surface area contributed by atoms with Gasteiger partial charge in [-0.3, -0.25) is 14.8 Å². The molecule has 11 heteroatoms. The fourth-order valence-electron chi connectivity index (χ4n) is 5.61. The van der Waals surface area contributed by atoms with Crippen LogP contribution in [0, 0.1) is 0 Å². The number of cyclic esters (lactones) is 1. The van der Waals surface area contributed by atoms with Crippen LogP contribution in [-0.2, 0) is 27.3 Å². The Morgan fingerprint density at radius 1 is 1.03 bits per heavy atom. The zero-order valence-corrected chi connectivity index (χ0v) is 20.3. The number of carbonyl (C=O) groups excluding carboxylic acids is 1. The number of hydrogen-bond acceptors (Lipinski definition) is 9. The molecule has 1 aromatic carbocycles. The Labute approximate surface area is 213 Å². The number of carbonyl (C=O) groups is 1. The highest BCUT2D eigenvalue weighted by atomic mass is 16.6. The normalized spacial score (nSPS) is 25.0. The summed E-state index contributed by atoms with van der Waals surface area (Å²) in [5, 5.41) is 12.2. The fourth-order valence-corrected chi connectivity index (χ4v) is 5.61. The van der Waals surface area contributed by atoms with E-state index in [1.165, 1.54) is 0 Å². The first-order chi connectivity index (χ1) is 18.2. The average molecular weight is 502 g/mol. The fraction of sp³-hybridized carbons (Fsp3) is 0.423. The summed E-state index contributed by atoms with van der Waals surface area (Å²) in [4.78, 5) is 27.1. The van der Waals surface area contributed by atoms with Crippen molar-refractivity contribution in [2.24, 2.45) is 5.16 Å². The molecule has 4 aliphatic rings. The molecule has 2 unspecified atom stereocenters. The SMILES string of the molecule is O=C1OC(Cn2ccnn2)[C@@H]2Cc3cc(-c4ccc(C5=NOC(CN6CCOCC6)C5)nc4)ccc3N12. The molecule has 2 aromatic heterocycles. The van der Waals surface area contributed by atoms with Crippen molar-refractivity contribution in [1.82, 2.24) is 24.9 Å². The highest BCUT2D eigenvalue weighted by molar-refractivity contribution is 6.00. The Morgan fingerprint density at radius 3 is 2.73 bits per heavy atom. The molecule has 4 aliphatic heterocycles. The summed E-state index contributed by atoms with van der Waals surface area (Å²) in [6.07, 6.45) is 6.25. The van der Waals surface area contributed by atoms with Crippen LogP contribution in [0.2, 0.25) is 0 Å². The molecule has 0 spiro atoms. The highest BCUT2D eigenvalue weighted by Crippen LogP contribution is 2.40. The average Bonchev–Trinajstić information content (AvgIpc) is 3.72. The molecule has 7 rings (SSSR count). The van der Waals surface area contributed by atoms with E-state index < -0.39 is 0 Å². The summed E-state index contributed by atoms with van der Waals surface area (Å²) in [6.45, 7) is 4.77. The third kappa shape index (κ3) is 4.23. The van der Waals surface area contributed by atoms with Gasteiger partial charge < -0.3 is 14.3 Å². The van der Waals surface area contributed by atoms with Gasteiger partial charge in [0, 0.05) is 44.0 Å². The number of fused-ring (bicyclic) bond motifs is 3. The van der Waals surface area contributed by atoms with E-state index in [0.29, 0.717) is 6.54 Å². The molecule has 6 heterocycles. The Morgan fingerprint density at radius 2 is 1.92 bits per heavy atom. The second kappa shape index (κ2) is 9.24. The van der Waals surface area contributed by atoms with E-state index >= 15 is 0 Å². The number of rotatable bonds is 6. The zero-order chi connectivity index (χ0) is 24.8. The van der Waals surface area contributed by atoms with Crippen molar-refractivity contribution in [2.45, 2.75) is 37.6 Å². The monoisotopic (exact) mass is 501 g/mol. The van der Waals surface area contributed by atoms with Gasteiger partial charge in [-0.15, -0.1) is 5.10 Å². The van der Waals surface area contributed by atoms with Crippen LogP contribution in [0.3, 0.4) is 0 Å². The van der Waals surface area contributed by atoms with E-state index in [1.807, 2.05) is 24.4 Å². The van der Waals surface area contributed by atoms with Gasteiger partial charge in [-0.25, -0.2) is 9.48 Å². The molecule has 0 saturated carbocycles. The Bertz CT molecular complexity index is 1320. The number of anilines is 1. The third-order valence-corrected chi connectivity index (χ3v) is 7.51. The predicted molar refractivity (Wildman–Crippen MR) is 133 cm³/mol. The van der Waals surface area contributed by atoms with Crippen LogP contribution in [0.4, 0.5) is 10.5 Å². The Kier molecular flexibility index (Phi) is 5.59. The van der Waals surface area contributed by atoms with Gasteiger partial charge in [0.1, 0.15) is 17.9 Å². The van der Waals surface area contributed by atoms with E-state index in [1.54, 1.807) is 22.0 Å². The number of aromatic nitrogens is 4. The van der Waals surface area contributed by atoms with Crippen molar-refractivity contribution in [3.63, 3.8) is 0 Å². The number of pyridine rings is 1. The molecule has 11 nitrogen and oxygen atoms in total. The predicted octanol–water partition coefficient (Wildman–Crippen LogP) is 2.12. The molecule has 37 heavy (non-hydrogen) atoms. The van der Waals surface area contributed by atoms with E-state index in [2.05, 4.69) is 32.5 Å². The molecule has 3 aromatic rings. The standard InChI is InChI=1S/C26H27N7O4/c34-26-33-23-4-2-17(11-19(23)12-24(33)25(36-26)16-32-6-5-28-30-32)18-1-3-21(27-14-18)22-13-20(37-29-22)15-31-7-9-35-10-8-31/h1-6,11,14,20,24-25H,7-10,12-13,15-16H2/t20?,24-,25?/m0/s1. The molecule has 2 fully saturated rings. The molecule has 190 valence electrons. The molecular formula is C26H27N7O4. The number of benzene rings is 1. The quantitative estimate of drug-likeness (QED) is 0.506. The number of hydrogen-bond donors (Lipinski definition) is 0. The van der Waals surface area contributed by atoms with E-state index in [9.17, 15) is 4.79 Å². The minimum atomic E-state index is -0.306. The molecule has 0 N–H and O–H groups in total. The number of oxime groups is 1. The van der Waals surface area contributed by atoms with Crippen LogP contribution >= 0.6 is 0 Å². The van der Waals surface area contributed by atoms with Gasteiger partial charge in [-0.2, -0.15) is 0 Å². The maximum Gasteiger partial charge on any atom is 0.415 e. The largest absolute Gasteiger partial charge is 0.442 e. The second-order valence-corrected chi connectivity index (χ2v) is 9.85. The first-order valence-electron chi connectivity index (χ1n) is 12.7. The molecule has 1 amide bonds. The second-order valence-electron chi connectivity index (χ2n) is 9.85. The summed E-state index contributed by atoms with van der Waals surface area (Å²) >= 11 is 0. The van der Waals surface area contributed by atoms with Gasteiger partial charge in [0.2, 0.25) is 0 Å². The first-order valence-corrected chi connectivity index (χ1v) is 12.7. The molecule has 0 radical (unpaired) electrons. The van der Waals surface area contributed by atoms with Gasteiger partial charge in [0.05, 0.1) is 43.4 Å². The maximum absolute atomic E-state index is 12.6. The van der Waals surface area contributed by atoms with Crippen molar-refractivity contribution in [3.05, 3.63) is 60.2 Å². The van der Waals surface area contributed by atoms with Crippen LogP contribution in [-0.4, -0.2) is 87.8 Å². The maximum atomic E-state index is 12.6. The third-order valence-electron chi connectivity index (χ3n) is 7.51. The van der Waals surface area contributed by atoms with Crippen LogP contribution < -0.4 is 4.90 Å². The lowest BCUT2D eigenvalue weighted by atomic mass is 10.00. The van der Waals surface area contributed by atoms with Crippen molar-refractivity contribution < 1.29 is 19.1 Å². The topological polar surface area (TPSA) is 107 Å². The summed E-state index contributed by atoms with van der Waals surface area (Å²) in [7, 11) is 0. The van der Waals surface area contributed by atoms with Crippen LogP contribution in [0.25, 0.3) is 11.1 Å². The molecular weight excluding hydrogens is 474 g/mol. The summed E-state index contributed by atoms with van der Waals surface area (Å²) in [5.74, 6) is 0. The number of ether oxygens (including phenoxy) is 2. The highest BCUT2D eigenvalue weighted by Gasteiger charge is 2.47. The van der Waals surface area contributed by atoms with Gasteiger partial charge in [-0.1, -0.05) is 22.5 Å². The van der Waals surface area contributed by atoms with E-state index in [-0.39, 0.29) is 24.3 Å². The van der Waals surface area contributed by atoms with Crippen LogP contribution in [0.15, 0.2) is 54.1 Å². The van der Waals surface area contributed by atoms with E-state index in [0.717, 1.165) is 79.5 Å². The Balaban J connectivity index is 1.03. The first kappa shape index (κ1) is 22.4.